The van der Waals surface area contributed by atoms with Crippen LogP contribution in [0.2, 0.25) is 0 Å². The summed E-state index contributed by atoms with van der Waals surface area (Å²) in [6.45, 7) is 9.21. The summed E-state index contributed by atoms with van der Waals surface area (Å²) in [7, 11) is 0. The molecule has 0 radical (unpaired) electrons. The van der Waals surface area contributed by atoms with Crippen molar-refractivity contribution in [1.29, 1.82) is 0 Å². The second-order valence-electron chi connectivity index (χ2n) is 12.4. The number of aromatic nitrogens is 1. The summed E-state index contributed by atoms with van der Waals surface area (Å²) in [4.78, 5) is 5.48. The van der Waals surface area contributed by atoms with Crippen LogP contribution in [-0.2, 0) is 5.41 Å². The second kappa shape index (κ2) is 9.07. The number of anilines is 1. The van der Waals surface area contributed by atoms with Gasteiger partial charge in [0, 0.05) is 16.5 Å². The molecule has 1 N–H and O–H groups in total. The first-order valence-electron chi connectivity index (χ1n) is 13.8. The molecule has 0 amide bonds. The number of thiazole rings is 1. The molecule has 0 spiro atoms. The van der Waals surface area contributed by atoms with Crippen molar-refractivity contribution < 1.29 is 0 Å². The molecule has 0 aliphatic heterocycles. The molecule has 4 aliphatic carbocycles. The monoisotopic (exact) mass is 484 g/mol. The Morgan fingerprint density at radius 3 is 1.91 bits per heavy atom. The van der Waals surface area contributed by atoms with Gasteiger partial charge in [-0.1, -0.05) is 76.2 Å². The second-order valence-corrected chi connectivity index (χ2v) is 13.3. The van der Waals surface area contributed by atoms with E-state index in [1.807, 2.05) is 11.3 Å². The first-order valence-corrected chi connectivity index (χ1v) is 14.7. The standard InChI is InChI=1S/C32H40N2S/c1-20(2)26-11-8-12-27(21(3)4)30(26)34-29(25-9-6-5-7-10-25)31-33-28(19-35-31)32-16-22-13-23(17-32)15-24(14-22)18-32/h5-12,19-24,29,34H,13-18H2,1-4H3. The fourth-order valence-electron chi connectivity index (χ4n) is 7.88. The van der Waals surface area contributed by atoms with Gasteiger partial charge in [-0.05, 0) is 84.8 Å². The minimum Gasteiger partial charge on any atom is -0.372 e. The Hall–Kier alpha value is -2.13. The van der Waals surface area contributed by atoms with E-state index in [1.165, 1.54) is 71.6 Å². The van der Waals surface area contributed by atoms with E-state index >= 15 is 0 Å². The van der Waals surface area contributed by atoms with Crippen LogP contribution in [-0.4, -0.2) is 4.98 Å². The van der Waals surface area contributed by atoms with Crippen LogP contribution in [0.5, 0.6) is 0 Å². The molecule has 4 aliphatic rings. The lowest BCUT2D eigenvalue weighted by Crippen LogP contribution is -2.48. The van der Waals surface area contributed by atoms with Crippen LogP contribution in [0.4, 0.5) is 5.69 Å². The maximum absolute atomic E-state index is 5.48. The van der Waals surface area contributed by atoms with Gasteiger partial charge < -0.3 is 5.32 Å². The van der Waals surface area contributed by atoms with Crippen LogP contribution in [0.1, 0.15) is 111 Å². The lowest BCUT2D eigenvalue weighted by molar-refractivity contribution is -0.00698. The summed E-state index contributed by atoms with van der Waals surface area (Å²) in [5.74, 6) is 3.76. The number of hydrogen-bond acceptors (Lipinski definition) is 3. The SMILES string of the molecule is CC(C)c1cccc(C(C)C)c1NC(c1ccccc1)c1nc(C23CC4CC(CC(C4)C2)C3)cs1. The average molecular weight is 485 g/mol. The minimum atomic E-state index is 0.0706. The molecule has 1 aromatic heterocycles. The molecule has 184 valence electrons. The van der Waals surface area contributed by atoms with E-state index in [0.29, 0.717) is 17.3 Å². The van der Waals surface area contributed by atoms with Gasteiger partial charge in [-0.3, -0.25) is 0 Å². The third-order valence-corrected chi connectivity index (χ3v) is 10.1. The molecule has 1 heterocycles. The van der Waals surface area contributed by atoms with Crippen LogP contribution < -0.4 is 5.32 Å². The smallest absolute Gasteiger partial charge is 0.120 e. The molecule has 1 atom stereocenters. The van der Waals surface area contributed by atoms with E-state index in [4.69, 9.17) is 4.98 Å². The highest BCUT2D eigenvalue weighted by atomic mass is 32.1. The molecule has 0 saturated heterocycles. The highest BCUT2D eigenvalue weighted by Crippen LogP contribution is 2.60. The maximum Gasteiger partial charge on any atom is 0.120 e. The summed E-state index contributed by atoms with van der Waals surface area (Å²) in [5, 5.41) is 7.69. The molecule has 4 fully saturated rings. The Morgan fingerprint density at radius 2 is 1.37 bits per heavy atom. The highest BCUT2D eigenvalue weighted by Gasteiger charge is 2.52. The Balaban J connectivity index is 1.40. The zero-order valence-corrected chi connectivity index (χ0v) is 22.6. The van der Waals surface area contributed by atoms with Crippen molar-refractivity contribution in [1.82, 2.24) is 4.98 Å². The van der Waals surface area contributed by atoms with Crippen LogP contribution in [0.3, 0.4) is 0 Å². The van der Waals surface area contributed by atoms with Gasteiger partial charge in [0.05, 0.1) is 5.69 Å². The van der Waals surface area contributed by atoms with Crippen molar-refractivity contribution in [3.63, 3.8) is 0 Å². The predicted molar refractivity (Wildman–Crippen MR) is 148 cm³/mol. The Labute approximate surface area is 215 Å². The molecule has 7 rings (SSSR count). The number of nitrogens with one attached hydrogen (secondary N) is 1. The molecule has 2 aromatic carbocycles. The molecule has 1 unspecified atom stereocenters. The van der Waals surface area contributed by atoms with Gasteiger partial charge >= 0.3 is 0 Å². The fraction of sp³-hybridized carbons (Fsp3) is 0.531. The van der Waals surface area contributed by atoms with Gasteiger partial charge in [0.1, 0.15) is 11.0 Å². The Bertz CT molecular complexity index is 1110. The van der Waals surface area contributed by atoms with Gasteiger partial charge in [0.2, 0.25) is 0 Å². The van der Waals surface area contributed by atoms with E-state index in [2.05, 4.69) is 86.9 Å². The summed E-state index contributed by atoms with van der Waals surface area (Å²) >= 11 is 1.88. The molecule has 2 nitrogen and oxygen atoms in total. The van der Waals surface area contributed by atoms with E-state index in [9.17, 15) is 0 Å². The molecule has 3 heteroatoms. The molecule has 4 bridgehead atoms. The number of nitrogens with zero attached hydrogens (tertiary/aromatic N) is 1. The molecule has 3 aromatic rings. The van der Waals surface area contributed by atoms with Gasteiger partial charge in [0.15, 0.2) is 0 Å². The highest BCUT2D eigenvalue weighted by molar-refractivity contribution is 7.09. The zero-order chi connectivity index (χ0) is 24.2. The van der Waals surface area contributed by atoms with Crippen LogP contribution >= 0.6 is 11.3 Å². The minimum absolute atomic E-state index is 0.0706. The van der Waals surface area contributed by atoms with E-state index in [-0.39, 0.29) is 6.04 Å². The summed E-state index contributed by atoms with van der Waals surface area (Å²) in [5.41, 5.74) is 7.15. The number of benzene rings is 2. The van der Waals surface area contributed by atoms with Crippen LogP contribution in [0.15, 0.2) is 53.9 Å². The number of rotatable bonds is 7. The van der Waals surface area contributed by atoms with Crippen molar-refractivity contribution in [2.45, 2.75) is 89.5 Å². The lowest BCUT2D eigenvalue weighted by atomic mass is 9.49. The van der Waals surface area contributed by atoms with Gasteiger partial charge in [0.25, 0.3) is 0 Å². The summed E-state index contributed by atoms with van der Waals surface area (Å²) in [6, 6.07) is 17.8. The topological polar surface area (TPSA) is 24.9 Å². The summed E-state index contributed by atoms with van der Waals surface area (Å²) in [6.07, 6.45) is 8.56. The normalized spacial score (nSPS) is 28.1. The van der Waals surface area contributed by atoms with E-state index in [0.717, 1.165) is 17.8 Å². The molecular formula is C32H40N2S. The summed E-state index contributed by atoms with van der Waals surface area (Å²) < 4.78 is 0. The van der Waals surface area contributed by atoms with Crippen LogP contribution in [0, 0.1) is 17.8 Å². The Kier molecular flexibility index (Phi) is 6.03. The molecule has 35 heavy (non-hydrogen) atoms. The lowest BCUT2D eigenvalue weighted by Gasteiger charge is -2.56. The van der Waals surface area contributed by atoms with Gasteiger partial charge in [-0.2, -0.15) is 0 Å². The number of para-hydroxylation sites is 1. The fourth-order valence-corrected chi connectivity index (χ4v) is 8.90. The molecular weight excluding hydrogens is 444 g/mol. The van der Waals surface area contributed by atoms with Gasteiger partial charge in [-0.25, -0.2) is 4.98 Å². The van der Waals surface area contributed by atoms with Crippen molar-refractivity contribution in [2.24, 2.45) is 17.8 Å². The van der Waals surface area contributed by atoms with Gasteiger partial charge in [-0.15, -0.1) is 11.3 Å². The third kappa shape index (κ3) is 4.24. The van der Waals surface area contributed by atoms with Crippen LogP contribution in [0.25, 0.3) is 0 Å². The largest absolute Gasteiger partial charge is 0.372 e. The molecule has 4 saturated carbocycles. The zero-order valence-electron chi connectivity index (χ0n) is 21.8. The van der Waals surface area contributed by atoms with Crippen molar-refractivity contribution >= 4 is 17.0 Å². The van der Waals surface area contributed by atoms with Crippen molar-refractivity contribution in [2.75, 3.05) is 5.32 Å². The maximum atomic E-state index is 5.48. The van der Waals surface area contributed by atoms with E-state index in [1.54, 1.807) is 0 Å². The quantitative estimate of drug-likeness (QED) is 0.362. The predicted octanol–water partition coefficient (Wildman–Crippen LogP) is 9.06. The first-order chi connectivity index (χ1) is 16.9. The first kappa shape index (κ1) is 23.3. The Morgan fingerprint density at radius 1 is 0.800 bits per heavy atom. The number of hydrogen-bond donors (Lipinski definition) is 1. The van der Waals surface area contributed by atoms with Crippen molar-refractivity contribution in [3.05, 3.63) is 81.3 Å². The van der Waals surface area contributed by atoms with E-state index < -0.39 is 0 Å². The van der Waals surface area contributed by atoms with Crippen molar-refractivity contribution in [3.8, 4) is 0 Å². The third-order valence-electron chi connectivity index (χ3n) is 9.15. The average Bonchev–Trinajstić information content (AvgIpc) is 3.33.